The molecule has 0 spiro atoms. The highest BCUT2D eigenvalue weighted by atomic mass is 35.5. The summed E-state index contributed by atoms with van der Waals surface area (Å²) in [6.45, 7) is 4.33. The Bertz CT molecular complexity index is 1140. The Morgan fingerprint density at radius 3 is 2.31 bits per heavy atom. The molecule has 0 radical (unpaired) electrons. The van der Waals surface area contributed by atoms with Crippen molar-refractivity contribution in [2.24, 2.45) is 0 Å². The number of rotatable bonds is 5. The third-order valence-electron chi connectivity index (χ3n) is 5.74. The average molecular weight is 504 g/mol. The lowest BCUT2D eigenvalue weighted by atomic mass is 10.2. The molecule has 1 fully saturated rings. The number of halogens is 4. The van der Waals surface area contributed by atoms with Crippen molar-refractivity contribution >= 4 is 34.8 Å². The van der Waals surface area contributed by atoms with Gasteiger partial charge in [0.15, 0.2) is 0 Å². The molecule has 6 nitrogen and oxygen atoms in total. The van der Waals surface area contributed by atoms with Gasteiger partial charge in [-0.2, -0.15) is 13.2 Å². The lowest BCUT2D eigenvalue weighted by molar-refractivity contribution is -0.137. The van der Waals surface area contributed by atoms with Crippen LogP contribution in [0, 0.1) is 0 Å². The fourth-order valence-corrected chi connectivity index (χ4v) is 4.10. The summed E-state index contributed by atoms with van der Waals surface area (Å²) in [7, 11) is 0. The standard InChI is InChI=1S/C25H25ClF3N5O/c26-22-5-2-1-4-18(22)17-33-12-3-13-34(15-14-33)23-11-10-21(16-30-23)32-24(35)31-20-8-6-19(7-9-20)25(27,28)29/h1-2,4-11,16H,3,12-15,17H2,(H2,31,32,35). The molecule has 184 valence electrons. The minimum atomic E-state index is -4.42. The van der Waals surface area contributed by atoms with E-state index in [9.17, 15) is 18.0 Å². The van der Waals surface area contributed by atoms with Crippen LogP contribution in [0.3, 0.4) is 0 Å². The predicted molar refractivity (Wildman–Crippen MR) is 132 cm³/mol. The van der Waals surface area contributed by atoms with E-state index in [1.165, 1.54) is 12.1 Å². The number of nitrogens with one attached hydrogen (secondary N) is 2. The molecule has 1 aliphatic heterocycles. The number of urea groups is 1. The summed E-state index contributed by atoms with van der Waals surface area (Å²) in [6.07, 6.45) is -1.87. The second-order valence-electron chi connectivity index (χ2n) is 8.27. The van der Waals surface area contributed by atoms with Crippen LogP contribution in [0.15, 0.2) is 66.9 Å². The highest BCUT2D eigenvalue weighted by Gasteiger charge is 2.30. The number of aromatic nitrogens is 1. The lowest BCUT2D eigenvalue weighted by Gasteiger charge is -2.23. The van der Waals surface area contributed by atoms with Crippen molar-refractivity contribution in [3.05, 3.63) is 83.0 Å². The van der Waals surface area contributed by atoms with Gasteiger partial charge in [0, 0.05) is 43.4 Å². The molecule has 3 aromatic rings. The van der Waals surface area contributed by atoms with E-state index in [1.807, 2.05) is 30.3 Å². The molecule has 35 heavy (non-hydrogen) atoms. The van der Waals surface area contributed by atoms with Gasteiger partial charge in [0.1, 0.15) is 5.82 Å². The van der Waals surface area contributed by atoms with E-state index in [2.05, 4.69) is 25.4 Å². The Hall–Kier alpha value is -3.30. The third kappa shape index (κ3) is 6.86. The minimum absolute atomic E-state index is 0.256. The first-order valence-electron chi connectivity index (χ1n) is 11.2. The fourth-order valence-electron chi connectivity index (χ4n) is 3.91. The van der Waals surface area contributed by atoms with Crippen LogP contribution in [0.2, 0.25) is 5.02 Å². The molecule has 2 amide bonds. The Morgan fingerprint density at radius 1 is 0.914 bits per heavy atom. The molecule has 4 rings (SSSR count). The summed E-state index contributed by atoms with van der Waals surface area (Å²) in [5.74, 6) is 0.818. The van der Waals surface area contributed by atoms with Crippen molar-refractivity contribution in [2.75, 3.05) is 41.7 Å². The first-order chi connectivity index (χ1) is 16.8. The van der Waals surface area contributed by atoms with Gasteiger partial charge in [-0.3, -0.25) is 4.90 Å². The molecule has 10 heteroatoms. The summed E-state index contributed by atoms with van der Waals surface area (Å²) in [4.78, 5) is 21.3. The minimum Gasteiger partial charge on any atom is -0.355 e. The fraction of sp³-hybridized carbons (Fsp3) is 0.280. The van der Waals surface area contributed by atoms with Crippen LogP contribution in [0.4, 0.5) is 35.2 Å². The van der Waals surface area contributed by atoms with Crippen molar-refractivity contribution in [2.45, 2.75) is 19.1 Å². The summed E-state index contributed by atoms with van der Waals surface area (Å²) >= 11 is 6.31. The first kappa shape index (κ1) is 24.8. The predicted octanol–water partition coefficient (Wildman–Crippen LogP) is 6.11. The molecular weight excluding hydrogens is 479 g/mol. The van der Waals surface area contributed by atoms with Crippen molar-refractivity contribution < 1.29 is 18.0 Å². The number of amides is 2. The third-order valence-corrected chi connectivity index (χ3v) is 6.11. The van der Waals surface area contributed by atoms with Gasteiger partial charge in [-0.15, -0.1) is 0 Å². The zero-order chi connectivity index (χ0) is 24.8. The van der Waals surface area contributed by atoms with E-state index in [0.29, 0.717) is 5.69 Å². The highest BCUT2D eigenvalue weighted by Crippen LogP contribution is 2.30. The normalized spacial score (nSPS) is 14.9. The number of pyridine rings is 1. The molecule has 2 N–H and O–H groups in total. The molecule has 2 heterocycles. The molecule has 1 saturated heterocycles. The van der Waals surface area contributed by atoms with Crippen molar-refractivity contribution in [1.29, 1.82) is 0 Å². The van der Waals surface area contributed by atoms with Crippen molar-refractivity contribution in [3.63, 3.8) is 0 Å². The van der Waals surface area contributed by atoms with E-state index in [-0.39, 0.29) is 5.69 Å². The quantitative estimate of drug-likeness (QED) is 0.441. The number of carbonyl (C=O) groups excluding carboxylic acids is 1. The zero-order valence-electron chi connectivity index (χ0n) is 18.9. The van der Waals surface area contributed by atoms with Crippen molar-refractivity contribution in [3.8, 4) is 0 Å². The van der Waals surface area contributed by atoms with E-state index in [0.717, 1.165) is 67.7 Å². The van der Waals surface area contributed by atoms with E-state index in [4.69, 9.17) is 11.6 Å². The number of anilines is 3. The van der Waals surface area contributed by atoms with E-state index < -0.39 is 17.8 Å². The van der Waals surface area contributed by atoms with Crippen LogP contribution in [0.5, 0.6) is 0 Å². The van der Waals surface area contributed by atoms with Gasteiger partial charge in [0.25, 0.3) is 0 Å². The van der Waals surface area contributed by atoms with Crippen LogP contribution >= 0.6 is 11.6 Å². The van der Waals surface area contributed by atoms with E-state index in [1.54, 1.807) is 12.3 Å². The molecule has 1 aliphatic rings. The van der Waals surface area contributed by atoms with Crippen molar-refractivity contribution in [1.82, 2.24) is 9.88 Å². The Balaban J connectivity index is 1.29. The maximum atomic E-state index is 12.7. The monoisotopic (exact) mass is 503 g/mol. The molecule has 0 atom stereocenters. The SMILES string of the molecule is O=C(Nc1ccc(C(F)(F)F)cc1)Nc1ccc(N2CCCN(Cc3ccccc3Cl)CC2)nc1. The van der Waals surface area contributed by atoms with Crippen LogP contribution in [0.1, 0.15) is 17.5 Å². The number of hydrogen-bond donors (Lipinski definition) is 2. The maximum absolute atomic E-state index is 12.7. The topological polar surface area (TPSA) is 60.5 Å². The largest absolute Gasteiger partial charge is 0.416 e. The number of hydrogen-bond acceptors (Lipinski definition) is 4. The number of benzene rings is 2. The van der Waals surface area contributed by atoms with Gasteiger partial charge in [0.05, 0.1) is 17.4 Å². The maximum Gasteiger partial charge on any atom is 0.416 e. The summed E-state index contributed by atoms with van der Waals surface area (Å²) < 4.78 is 38.0. The number of alkyl halides is 3. The van der Waals surface area contributed by atoms with Crippen LogP contribution in [-0.2, 0) is 12.7 Å². The van der Waals surface area contributed by atoms with Crippen LogP contribution < -0.4 is 15.5 Å². The Kier molecular flexibility index (Phi) is 7.77. The number of nitrogens with zero attached hydrogens (tertiary/aromatic N) is 3. The molecule has 0 saturated carbocycles. The van der Waals surface area contributed by atoms with Crippen LogP contribution in [0.25, 0.3) is 0 Å². The zero-order valence-corrected chi connectivity index (χ0v) is 19.6. The second kappa shape index (κ2) is 11.0. The molecule has 2 aromatic carbocycles. The number of carbonyl (C=O) groups is 1. The molecule has 1 aromatic heterocycles. The second-order valence-corrected chi connectivity index (χ2v) is 8.67. The molecular formula is C25H25ClF3N5O. The van der Waals surface area contributed by atoms with Gasteiger partial charge >= 0.3 is 12.2 Å². The Morgan fingerprint density at radius 2 is 1.63 bits per heavy atom. The lowest BCUT2D eigenvalue weighted by Crippen LogP contribution is -2.31. The van der Waals surface area contributed by atoms with E-state index >= 15 is 0 Å². The molecule has 0 bridgehead atoms. The summed E-state index contributed by atoms with van der Waals surface area (Å²) in [6, 6.07) is 15.2. The van der Waals surface area contributed by atoms with Gasteiger partial charge < -0.3 is 15.5 Å². The highest BCUT2D eigenvalue weighted by molar-refractivity contribution is 6.31. The summed E-state index contributed by atoms with van der Waals surface area (Å²) in [5, 5.41) is 5.94. The molecule has 0 aliphatic carbocycles. The van der Waals surface area contributed by atoms with Gasteiger partial charge in [-0.05, 0) is 54.4 Å². The average Bonchev–Trinajstić information content (AvgIpc) is 3.06. The van der Waals surface area contributed by atoms with Gasteiger partial charge in [0.2, 0.25) is 0 Å². The summed E-state index contributed by atoms with van der Waals surface area (Å²) in [5.41, 5.74) is 1.08. The van der Waals surface area contributed by atoms with Crippen LogP contribution in [-0.4, -0.2) is 42.1 Å². The first-order valence-corrected chi connectivity index (χ1v) is 11.6. The van der Waals surface area contributed by atoms with Gasteiger partial charge in [-0.25, -0.2) is 9.78 Å². The molecule has 0 unspecified atom stereocenters. The van der Waals surface area contributed by atoms with Gasteiger partial charge in [-0.1, -0.05) is 29.8 Å². The smallest absolute Gasteiger partial charge is 0.355 e. The Labute approximate surface area is 206 Å².